The van der Waals surface area contributed by atoms with Crippen molar-refractivity contribution in [1.82, 2.24) is 0 Å². The van der Waals surface area contributed by atoms with E-state index in [9.17, 15) is 9.18 Å². The van der Waals surface area contributed by atoms with Crippen LogP contribution in [0.3, 0.4) is 0 Å². The van der Waals surface area contributed by atoms with Gasteiger partial charge in [-0.3, -0.25) is 4.79 Å². The summed E-state index contributed by atoms with van der Waals surface area (Å²) in [7, 11) is 0. The number of hydrogen-bond acceptors (Lipinski definition) is 2. The number of benzene rings is 2. The van der Waals surface area contributed by atoms with Gasteiger partial charge in [-0.1, -0.05) is 17.7 Å². The van der Waals surface area contributed by atoms with Gasteiger partial charge in [-0.25, -0.2) is 4.39 Å². The lowest BCUT2D eigenvalue weighted by molar-refractivity contribution is 0.102. The van der Waals surface area contributed by atoms with Crippen LogP contribution in [0.25, 0.3) is 0 Å². The average molecular weight is 344 g/mol. The normalized spacial score (nSPS) is 10.3. The van der Waals surface area contributed by atoms with Crippen molar-refractivity contribution >= 4 is 44.8 Å². The highest BCUT2D eigenvalue weighted by molar-refractivity contribution is 9.10. The molecule has 1 amide bonds. The van der Waals surface area contributed by atoms with Gasteiger partial charge in [-0.05, 0) is 46.3 Å². The summed E-state index contributed by atoms with van der Waals surface area (Å²) in [5.41, 5.74) is 6.00. The first-order chi connectivity index (χ1) is 8.99. The van der Waals surface area contributed by atoms with Gasteiger partial charge >= 0.3 is 0 Å². The lowest BCUT2D eigenvalue weighted by atomic mass is 10.2. The molecule has 2 aromatic carbocycles. The maximum absolute atomic E-state index is 13.3. The minimum Gasteiger partial charge on any atom is -0.396 e. The number of amides is 1. The molecule has 0 bridgehead atoms. The molecule has 0 heterocycles. The standard InChI is InChI=1S/C13H9BrClFN2O/c14-9-3-1-2-8(12(9)15)13(19)18-7-4-5-11(17)10(16)6-7/h1-6H,17H2,(H,18,19). The SMILES string of the molecule is Nc1ccc(NC(=O)c2cccc(Br)c2Cl)cc1F. The number of halogens is 3. The van der Waals surface area contributed by atoms with Gasteiger partial charge in [0.25, 0.3) is 5.91 Å². The Morgan fingerprint density at radius 1 is 1.32 bits per heavy atom. The number of anilines is 2. The first-order valence-electron chi connectivity index (χ1n) is 5.29. The van der Waals surface area contributed by atoms with Gasteiger partial charge in [-0.15, -0.1) is 0 Å². The lowest BCUT2D eigenvalue weighted by Gasteiger charge is -2.08. The van der Waals surface area contributed by atoms with Crippen LogP contribution in [0, 0.1) is 5.82 Å². The van der Waals surface area contributed by atoms with Crippen molar-refractivity contribution in [3.05, 3.63) is 57.3 Å². The minimum absolute atomic E-state index is 0.0264. The Kier molecular flexibility index (Phi) is 4.07. The molecule has 0 fully saturated rings. The van der Waals surface area contributed by atoms with Gasteiger partial charge in [0, 0.05) is 10.2 Å². The minimum atomic E-state index is -0.585. The summed E-state index contributed by atoms with van der Waals surface area (Å²) < 4.78 is 13.9. The Bertz CT molecular complexity index is 649. The molecule has 0 unspecified atom stereocenters. The van der Waals surface area contributed by atoms with Crippen LogP contribution in [0.1, 0.15) is 10.4 Å². The van der Waals surface area contributed by atoms with Crippen LogP contribution in [0.2, 0.25) is 5.02 Å². The van der Waals surface area contributed by atoms with Crippen LogP contribution in [0.15, 0.2) is 40.9 Å². The molecule has 2 aromatic rings. The van der Waals surface area contributed by atoms with Gasteiger partial charge in [0.15, 0.2) is 0 Å². The second kappa shape index (κ2) is 5.59. The van der Waals surface area contributed by atoms with E-state index in [4.69, 9.17) is 17.3 Å². The van der Waals surface area contributed by atoms with E-state index in [1.807, 2.05) is 0 Å². The number of nitrogen functional groups attached to an aromatic ring is 1. The summed E-state index contributed by atoms with van der Waals surface area (Å²) in [4.78, 5) is 12.0. The Labute approximate surface area is 122 Å². The molecule has 3 nitrogen and oxygen atoms in total. The summed E-state index contributed by atoms with van der Waals surface area (Å²) in [6.07, 6.45) is 0. The van der Waals surface area contributed by atoms with Crippen LogP contribution in [0.4, 0.5) is 15.8 Å². The molecule has 6 heteroatoms. The monoisotopic (exact) mass is 342 g/mol. The van der Waals surface area contributed by atoms with Gasteiger partial charge in [0.1, 0.15) is 5.82 Å². The maximum atomic E-state index is 13.3. The Morgan fingerprint density at radius 2 is 2.05 bits per heavy atom. The molecule has 98 valence electrons. The fourth-order valence-corrected chi connectivity index (χ4v) is 2.06. The average Bonchev–Trinajstić information content (AvgIpc) is 2.37. The molecule has 0 atom stereocenters. The first kappa shape index (κ1) is 13.8. The molecule has 0 saturated heterocycles. The van der Waals surface area contributed by atoms with Crippen LogP contribution >= 0.6 is 27.5 Å². The quantitative estimate of drug-likeness (QED) is 0.807. The maximum Gasteiger partial charge on any atom is 0.257 e. The predicted molar refractivity (Wildman–Crippen MR) is 77.9 cm³/mol. The second-order valence-corrected chi connectivity index (χ2v) is 5.02. The third-order valence-electron chi connectivity index (χ3n) is 2.45. The van der Waals surface area contributed by atoms with Crippen molar-refractivity contribution in [3.8, 4) is 0 Å². The van der Waals surface area contributed by atoms with E-state index in [-0.39, 0.29) is 5.69 Å². The fraction of sp³-hybridized carbons (Fsp3) is 0. The molecule has 19 heavy (non-hydrogen) atoms. The number of hydrogen-bond donors (Lipinski definition) is 2. The fourth-order valence-electron chi connectivity index (χ4n) is 1.48. The molecule has 0 aliphatic carbocycles. The molecule has 3 N–H and O–H groups in total. The van der Waals surface area contributed by atoms with Crippen molar-refractivity contribution < 1.29 is 9.18 Å². The van der Waals surface area contributed by atoms with E-state index >= 15 is 0 Å². The second-order valence-electron chi connectivity index (χ2n) is 3.79. The zero-order chi connectivity index (χ0) is 14.0. The highest BCUT2D eigenvalue weighted by atomic mass is 79.9. The molecular formula is C13H9BrClFN2O. The van der Waals surface area contributed by atoms with Crippen molar-refractivity contribution in [3.63, 3.8) is 0 Å². The van der Waals surface area contributed by atoms with Gasteiger partial charge in [-0.2, -0.15) is 0 Å². The highest BCUT2D eigenvalue weighted by Crippen LogP contribution is 2.27. The molecular weight excluding hydrogens is 335 g/mol. The van der Waals surface area contributed by atoms with Gasteiger partial charge < -0.3 is 11.1 Å². The topological polar surface area (TPSA) is 55.1 Å². The molecule has 0 aromatic heterocycles. The lowest BCUT2D eigenvalue weighted by Crippen LogP contribution is -2.12. The van der Waals surface area contributed by atoms with Crippen molar-refractivity contribution in [2.24, 2.45) is 0 Å². The smallest absolute Gasteiger partial charge is 0.257 e. The molecule has 0 radical (unpaired) electrons. The summed E-state index contributed by atoms with van der Waals surface area (Å²) in [5, 5.41) is 2.86. The highest BCUT2D eigenvalue weighted by Gasteiger charge is 2.13. The number of rotatable bonds is 2. The van der Waals surface area contributed by atoms with E-state index in [0.717, 1.165) is 6.07 Å². The van der Waals surface area contributed by atoms with Gasteiger partial charge in [0.05, 0.1) is 16.3 Å². The van der Waals surface area contributed by atoms with Crippen molar-refractivity contribution in [2.75, 3.05) is 11.1 Å². The summed E-state index contributed by atoms with van der Waals surface area (Å²) in [6, 6.07) is 9.04. The van der Waals surface area contributed by atoms with Crippen LogP contribution in [-0.4, -0.2) is 5.91 Å². The number of carbonyl (C=O) groups is 1. The predicted octanol–water partition coefficient (Wildman–Crippen LogP) is 4.08. The van der Waals surface area contributed by atoms with Crippen molar-refractivity contribution in [2.45, 2.75) is 0 Å². The summed E-state index contributed by atoms with van der Waals surface area (Å²) in [5.74, 6) is -1.01. The summed E-state index contributed by atoms with van der Waals surface area (Å²) >= 11 is 9.24. The zero-order valence-corrected chi connectivity index (χ0v) is 11.9. The van der Waals surface area contributed by atoms with E-state index < -0.39 is 11.7 Å². The molecule has 2 rings (SSSR count). The number of nitrogens with two attached hydrogens (primary N) is 1. The molecule has 0 aliphatic heterocycles. The Morgan fingerprint density at radius 3 is 2.74 bits per heavy atom. The third-order valence-corrected chi connectivity index (χ3v) is 3.75. The van der Waals surface area contributed by atoms with E-state index in [1.54, 1.807) is 18.2 Å². The molecule has 0 saturated carbocycles. The number of carbonyl (C=O) groups excluding carboxylic acids is 1. The molecule has 0 aliphatic rings. The van der Waals surface area contributed by atoms with Crippen molar-refractivity contribution in [1.29, 1.82) is 0 Å². The van der Waals surface area contributed by atoms with Crippen LogP contribution < -0.4 is 11.1 Å². The Balaban J connectivity index is 2.26. The zero-order valence-electron chi connectivity index (χ0n) is 9.58. The van der Waals surface area contributed by atoms with E-state index in [2.05, 4.69) is 21.2 Å². The van der Waals surface area contributed by atoms with Crippen LogP contribution in [0.5, 0.6) is 0 Å². The largest absolute Gasteiger partial charge is 0.396 e. The Hall–Kier alpha value is -1.59. The number of nitrogens with one attached hydrogen (secondary N) is 1. The van der Waals surface area contributed by atoms with Crippen LogP contribution in [-0.2, 0) is 0 Å². The van der Waals surface area contributed by atoms with E-state index in [1.165, 1.54) is 12.1 Å². The first-order valence-corrected chi connectivity index (χ1v) is 6.46. The van der Waals surface area contributed by atoms with E-state index in [0.29, 0.717) is 20.7 Å². The third kappa shape index (κ3) is 3.05. The molecule has 0 spiro atoms. The van der Waals surface area contributed by atoms with Gasteiger partial charge in [0.2, 0.25) is 0 Å². The summed E-state index contributed by atoms with van der Waals surface area (Å²) in [6.45, 7) is 0.